The van der Waals surface area contributed by atoms with Crippen LogP contribution in [-0.4, -0.2) is 43.8 Å². The molecule has 0 fully saturated rings. The Morgan fingerprint density at radius 1 is 1.50 bits per heavy atom. The average Bonchev–Trinajstić information content (AvgIpc) is 2.81. The van der Waals surface area contributed by atoms with Gasteiger partial charge in [-0.1, -0.05) is 13.8 Å². The van der Waals surface area contributed by atoms with Crippen LogP contribution in [0.1, 0.15) is 24.3 Å². The fourth-order valence-electron chi connectivity index (χ4n) is 2.44. The van der Waals surface area contributed by atoms with E-state index in [0.29, 0.717) is 12.1 Å². The summed E-state index contributed by atoms with van der Waals surface area (Å²) < 4.78 is 5.38. The van der Waals surface area contributed by atoms with Gasteiger partial charge in [-0.3, -0.25) is 4.90 Å². The lowest BCUT2D eigenvalue weighted by Crippen LogP contribution is -2.48. The van der Waals surface area contributed by atoms with Gasteiger partial charge in [0, 0.05) is 43.7 Å². The van der Waals surface area contributed by atoms with Gasteiger partial charge < -0.3 is 10.1 Å². The standard InChI is InChI=1S/C14H24N2OS/c1-11(2)15-8-13(10-17-3)16-6-4-14-12(9-16)5-7-18-14/h5,7,11,13,15H,4,6,8-10H2,1-3H3. The average molecular weight is 268 g/mol. The second-order valence-corrected chi connectivity index (χ2v) is 6.26. The van der Waals surface area contributed by atoms with E-state index in [1.54, 1.807) is 12.0 Å². The molecule has 0 saturated heterocycles. The predicted octanol–water partition coefficient (Wildman–Crippen LogP) is 2.12. The molecule has 4 heteroatoms. The summed E-state index contributed by atoms with van der Waals surface area (Å²) >= 11 is 1.90. The SMILES string of the molecule is COCC(CNC(C)C)N1CCc2sccc2C1. The van der Waals surface area contributed by atoms with E-state index in [-0.39, 0.29) is 0 Å². The Morgan fingerprint density at radius 2 is 2.33 bits per heavy atom. The van der Waals surface area contributed by atoms with Gasteiger partial charge in [0.2, 0.25) is 0 Å². The maximum atomic E-state index is 5.38. The van der Waals surface area contributed by atoms with E-state index < -0.39 is 0 Å². The number of ether oxygens (including phenoxy) is 1. The molecule has 0 radical (unpaired) electrons. The fraction of sp³-hybridized carbons (Fsp3) is 0.714. The van der Waals surface area contributed by atoms with Crippen molar-refractivity contribution in [2.45, 2.75) is 38.9 Å². The van der Waals surface area contributed by atoms with Crippen LogP contribution in [0, 0.1) is 0 Å². The van der Waals surface area contributed by atoms with Crippen molar-refractivity contribution in [3.8, 4) is 0 Å². The van der Waals surface area contributed by atoms with Gasteiger partial charge in [-0.15, -0.1) is 11.3 Å². The monoisotopic (exact) mass is 268 g/mol. The zero-order chi connectivity index (χ0) is 13.0. The smallest absolute Gasteiger partial charge is 0.0630 e. The van der Waals surface area contributed by atoms with Gasteiger partial charge in [-0.25, -0.2) is 0 Å². The molecule has 1 atom stereocenters. The Balaban J connectivity index is 1.95. The molecule has 18 heavy (non-hydrogen) atoms. The van der Waals surface area contributed by atoms with Gasteiger partial charge >= 0.3 is 0 Å². The van der Waals surface area contributed by atoms with Crippen LogP contribution in [0.2, 0.25) is 0 Å². The predicted molar refractivity (Wildman–Crippen MR) is 77.2 cm³/mol. The largest absolute Gasteiger partial charge is 0.383 e. The first kappa shape index (κ1) is 14.0. The molecule has 2 heterocycles. The third-order valence-corrected chi connectivity index (χ3v) is 4.50. The molecule has 2 rings (SSSR count). The summed E-state index contributed by atoms with van der Waals surface area (Å²) in [6, 6.07) is 3.28. The lowest BCUT2D eigenvalue weighted by atomic mass is 10.1. The second-order valence-electron chi connectivity index (χ2n) is 5.26. The highest BCUT2D eigenvalue weighted by Gasteiger charge is 2.24. The Morgan fingerprint density at radius 3 is 3.06 bits per heavy atom. The van der Waals surface area contributed by atoms with Gasteiger partial charge in [-0.05, 0) is 23.4 Å². The van der Waals surface area contributed by atoms with Gasteiger partial charge in [-0.2, -0.15) is 0 Å². The lowest BCUT2D eigenvalue weighted by molar-refractivity contribution is 0.0801. The molecule has 0 amide bonds. The van der Waals surface area contributed by atoms with Crippen molar-refractivity contribution in [2.75, 3.05) is 26.8 Å². The second kappa shape index (κ2) is 6.66. The van der Waals surface area contributed by atoms with Crippen molar-refractivity contribution in [3.05, 3.63) is 21.9 Å². The van der Waals surface area contributed by atoms with Crippen LogP contribution in [0.3, 0.4) is 0 Å². The molecule has 0 aromatic carbocycles. The normalized spacial score (nSPS) is 18.0. The maximum Gasteiger partial charge on any atom is 0.0630 e. The zero-order valence-corrected chi connectivity index (χ0v) is 12.4. The molecule has 1 N–H and O–H groups in total. The van der Waals surface area contributed by atoms with E-state index in [4.69, 9.17) is 4.74 Å². The van der Waals surface area contributed by atoms with E-state index in [1.165, 1.54) is 12.0 Å². The third-order valence-electron chi connectivity index (χ3n) is 3.47. The number of hydrogen-bond donors (Lipinski definition) is 1. The van der Waals surface area contributed by atoms with Crippen molar-refractivity contribution >= 4 is 11.3 Å². The highest BCUT2D eigenvalue weighted by molar-refractivity contribution is 7.10. The minimum absolute atomic E-state index is 0.477. The minimum Gasteiger partial charge on any atom is -0.383 e. The Hall–Kier alpha value is -0.420. The highest BCUT2D eigenvalue weighted by Crippen LogP contribution is 2.25. The number of nitrogens with zero attached hydrogens (tertiary/aromatic N) is 1. The number of nitrogens with one attached hydrogen (secondary N) is 1. The topological polar surface area (TPSA) is 24.5 Å². The lowest BCUT2D eigenvalue weighted by Gasteiger charge is -2.34. The van der Waals surface area contributed by atoms with Crippen LogP contribution in [-0.2, 0) is 17.7 Å². The molecule has 0 aliphatic carbocycles. The molecule has 3 nitrogen and oxygen atoms in total. The maximum absolute atomic E-state index is 5.38. The molecule has 1 unspecified atom stereocenters. The van der Waals surface area contributed by atoms with Crippen molar-refractivity contribution < 1.29 is 4.74 Å². The number of fused-ring (bicyclic) bond motifs is 1. The molecule has 1 aromatic rings. The summed E-state index contributed by atoms with van der Waals surface area (Å²) in [6.07, 6.45) is 1.19. The molecule has 1 aliphatic heterocycles. The van der Waals surface area contributed by atoms with Crippen molar-refractivity contribution in [1.29, 1.82) is 0 Å². The number of methoxy groups -OCH3 is 1. The molecule has 0 saturated carbocycles. The minimum atomic E-state index is 0.477. The summed E-state index contributed by atoms with van der Waals surface area (Å²) in [5, 5.41) is 5.74. The number of hydrogen-bond acceptors (Lipinski definition) is 4. The molecule has 1 aliphatic rings. The van der Waals surface area contributed by atoms with E-state index >= 15 is 0 Å². The molecule has 0 spiro atoms. The third kappa shape index (κ3) is 3.54. The van der Waals surface area contributed by atoms with Gasteiger partial charge in [0.25, 0.3) is 0 Å². The summed E-state index contributed by atoms with van der Waals surface area (Å²) in [6.45, 7) is 8.42. The highest BCUT2D eigenvalue weighted by atomic mass is 32.1. The van der Waals surface area contributed by atoms with Crippen LogP contribution in [0.4, 0.5) is 0 Å². The molecule has 102 valence electrons. The summed E-state index contributed by atoms with van der Waals surface area (Å²) in [4.78, 5) is 4.12. The zero-order valence-electron chi connectivity index (χ0n) is 11.6. The van der Waals surface area contributed by atoms with Crippen LogP contribution >= 0.6 is 11.3 Å². The van der Waals surface area contributed by atoms with Gasteiger partial charge in [0.05, 0.1) is 6.61 Å². The first-order valence-corrected chi connectivity index (χ1v) is 7.60. The van der Waals surface area contributed by atoms with Crippen LogP contribution in [0.5, 0.6) is 0 Å². The van der Waals surface area contributed by atoms with Crippen molar-refractivity contribution in [1.82, 2.24) is 10.2 Å². The van der Waals surface area contributed by atoms with E-state index in [2.05, 4.69) is 35.5 Å². The van der Waals surface area contributed by atoms with Gasteiger partial charge in [0.15, 0.2) is 0 Å². The van der Waals surface area contributed by atoms with E-state index in [0.717, 1.165) is 26.2 Å². The molecular formula is C14H24N2OS. The van der Waals surface area contributed by atoms with Crippen LogP contribution < -0.4 is 5.32 Å². The summed E-state index contributed by atoms with van der Waals surface area (Å²) in [7, 11) is 1.79. The first-order chi connectivity index (χ1) is 8.70. The van der Waals surface area contributed by atoms with Gasteiger partial charge in [0.1, 0.15) is 0 Å². The van der Waals surface area contributed by atoms with Crippen molar-refractivity contribution in [2.24, 2.45) is 0 Å². The first-order valence-electron chi connectivity index (χ1n) is 6.72. The Labute approximate surface area is 114 Å². The van der Waals surface area contributed by atoms with Crippen molar-refractivity contribution in [3.63, 3.8) is 0 Å². The Bertz CT molecular complexity index is 364. The quantitative estimate of drug-likeness (QED) is 0.855. The van der Waals surface area contributed by atoms with Crippen LogP contribution in [0.25, 0.3) is 0 Å². The Kier molecular flexibility index (Phi) is 5.18. The van der Waals surface area contributed by atoms with E-state index in [9.17, 15) is 0 Å². The molecule has 1 aromatic heterocycles. The van der Waals surface area contributed by atoms with Crippen LogP contribution in [0.15, 0.2) is 11.4 Å². The summed E-state index contributed by atoms with van der Waals surface area (Å²) in [5.74, 6) is 0. The molecule has 0 bridgehead atoms. The van der Waals surface area contributed by atoms with E-state index in [1.807, 2.05) is 11.3 Å². The fourth-order valence-corrected chi connectivity index (χ4v) is 3.33. The molecular weight excluding hydrogens is 244 g/mol. The number of rotatable bonds is 6. The number of thiophene rings is 1. The summed E-state index contributed by atoms with van der Waals surface area (Å²) in [5.41, 5.74) is 1.51.